The molecule has 0 radical (unpaired) electrons. The average Bonchev–Trinajstić information content (AvgIpc) is 3.24. The Kier molecular flexibility index (Phi) is 6.62. The minimum atomic E-state index is 0.0369. The standard InChI is InChI=1S/C20H33ClN4O/c1-15(25-17(3)20(21)16(2)22-25)14-19(26)24-12-5-4-8-18(24)9-13-23-10-6-7-11-23/h15,18H,4-14H2,1-3H3/t15-,18-/m1/s1. The molecule has 26 heavy (non-hydrogen) atoms. The van der Waals surface area contributed by atoms with Crippen LogP contribution in [0.25, 0.3) is 0 Å². The van der Waals surface area contributed by atoms with Crippen LogP contribution in [-0.4, -0.2) is 57.7 Å². The Bertz CT molecular complexity index is 624. The highest BCUT2D eigenvalue weighted by molar-refractivity contribution is 6.31. The number of likely N-dealkylation sites (tertiary alicyclic amines) is 2. The van der Waals surface area contributed by atoms with Gasteiger partial charge in [-0.2, -0.15) is 5.10 Å². The van der Waals surface area contributed by atoms with Crippen molar-refractivity contribution in [1.29, 1.82) is 0 Å². The van der Waals surface area contributed by atoms with Crippen molar-refractivity contribution in [2.75, 3.05) is 26.2 Å². The Balaban J connectivity index is 1.59. The van der Waals surface area contributed by atoms with E-state index in [1.807, 2.05) is 18.5 Å². The number of halogens is 1. The van der Waals surface area contributed by atoms with Crippen molar-refractivity contribution in [3.63, 3.8) is 0 Å². The van der Waals surface area contributed by atoms with Gasteiger partial charge in [0.2, 0.25) is 5.91 Å². The van der Waals surface area contributed by atoms with E-state index in [1.54, 1.807) is 0 Å². The van der Waals surface area contributed by atoms with Gasteiger partial charge in [0.05, 0.1) is 22.5 Å². The number of rotatable bonds is 6. The molecule has 0 aliphatic carbocycles. The van der Waals surface area contributed by atoms with Gasteiger partial charge in [0, 0.05) is 25.6 Å². The number of carbonyl (C=O) groups excluding carboxylic acids is 1. The van der Waals surface area contributed by atoms with E-state index in [9.17, 15) is 4.79 Å². The molecule has 1 amide bonds. The molecule has 0 unspecified atom stereocenters. The number of hydrogen-bond donors (Lipinski definition) is 0. The normalized spacial score (nSPS) is 22.8. The van der Waals surface area contributed by atoms with Crippen LogP contribution in [0, 0.1) is 13.8 Å². The monoisotopic (exact) mass is 380 g/mol. The van der Waals surface area contributed by atoms with Crippen molar-refractivity contribution in [2.24, 2.45) is 0 Å². The summed E-state index contributed by atoms with van der Waals surface area (Å²) in [5.41, 5.74) is 1.79. The third-order valence-electron chi connectivity index (χ3n) is 6.05. The van der Waals surface area contributed by atoms with Gasteiger partial charge in [0.15, 0.2) is 0 Å². The maximum Gasteiger partial charge on any atom is 0.224 e. The quantitative estimate of drug-likeness (QED) is 0.749. The first-order valence-electron chi connectivity index (χ1n) is 10.2. The summed E-state index contributed by atoms with van der Waals surface area (Å²) in [5, 5.41) is 5.24. The Morgan fingerprint density at radius 3 is 2.54 bits per heavy atom. The number of hydrogen-bond acceptors (Lipinski definition) is 3. The van der Waals surface area contributed by atoms with Gasteiger partial charge in [-0.15, -0.1) is 0 Å². The Morgan fingerprint density at radius 2 is 1.88 bits per heavy atom. The number of amides is 1. The highest BCUT2D eigenvalue weighted by Crippen LogP contribution is 2.26. The van der Waals surface area contributed by atoms with Crippen molar-refractivity contribution < 1.29 is 4.79 Å². The Hall–Kier alpha value is -1.07. The van der Waals surface area contributed by atoms with Gasteiger partial charge < -0.3 is 9.80 Å². The first-order valence-corrected chi connectivity index (χ1v) is 10.6. The molecule has 3 heterocycles. The summed E-state index contributed by atoms with van der Waals surface area (Å²) in [6.45, 7) is 10.5. The smallest absolute Gasteiger partial charge is 0.224 e. The molecule has 3 rings (SSSR count). The highest BCUT2D eigenvalue weighted by atomic mass is 35.5. The van der Waals surface area contributed by atoms with Gasteiger partial charge in [0.1, 0.15) is 0 Å². The summed E-state index contributed by atoms with van der Waals surface area (Å²) in [5.74, 6) is 0.271. The lowest BCUT2D eigenvalue weighted by atomic mass is 9.98. The first-order chi connectivity index (χ1) is 12.5. The largest absolute Gasteiger partial charge is 0.340 e. The van der Waals surface area contributed by atoms with Crippen LogP contribution in [0.3, 0.4) is 0 Å². The predicted octanol–water partition coefficient (Wildman–Crippen LogP) is 3.97. The molecule has 0 aromatic carbocycles. The molecular formula is C20H33ClN4O. The fraction of sp³-hybridized carbons (Fsp3) is 0.800. The van der Waals surface area contributed by atoms with Crippen LogP contribution in [-0.2, 0) is 4.79 Å². The Morgan fingerprint density at radius 1 is 1.19 bits per heavy atom. The van der Waals surface area contributed by atoms with Crippen LogP contribution in [0.15, 0.2) is 0 Å². The number of carbonyl (C=O) groups is 1. The SMILES string of the molecule is Cc1nn([C@H](C)CC(=O)N2CCCC[C@@H]2CCN2CCCC2)c(C)c1Cl. The first kappa shape index (κ1) is 19.7. The molecule has 2 aliphatic rings. The van der Waals surface area contributed by atoms with Crippen LogP contribution in [0.4, 0.5) is 0 Å². The van der Waals surface area contributed by atoms with Crippen molar-refractivity contribution in [1.82, 2.24) is 19.6 Å². The second kappa shape index (κ2) is 8.75. The van der Waals surface area contributed by atoms with E-state index in [0.717, 1.165) is 43.7 Å². The van der Waals surface area contributed by atoms with Gasteiger partial charge in [-0.1, -0.05) is 11.6 Å². The van der Waals surface area contributed by atoms with Crippen LogP contribution in [0.2, 0.25) is 5.02 Å². The molecule has 146 valence electrons. The summed E-state index contributed by atoms with van der Waals surface area (Å²) in [6, 6.07) is 0.447. The van der Waals surface area contributed by atoms with Crippen LogP contribution >= 0.6 is 11.6 Å². The van der Waals surface area contributed by atoms with E-state index >= 15 is 0 Å². The second-order valence-corrected chi connectivity index (χ2v) is 8.43. The highest BCUT2D eigenvalue weighted by Gasteiger charge is 2.29. The van der Waals surface area contributed by atoms with Gasteiger partial charge in [-0.25, -0.2) is 0 Å². The molecule has 5 nitrogen and oxygen atoms in total. The van der Waals surface area contributed by atoms with E-state index in [0.29, 0.717) is 17.5 Å². The fourth-order valence-electron chi connectivity index (χ4n) is 4.50. The molecule has 2 atom stereocenters. The van der Waals surface area contributed by atoms with Crippen LogP contribution in [0.1, 0.15) is 69.3 Å². The topological polar surface area (TPSA) is 41.4 Å². The predicted molar refractivity (Wildman–Crippen MR) is 106 cm³/mol. The zero-order valence-electron chi connectivity index (χ0n) is 16.5. The minimum absolute atomic E-state index is 0.0369. The van der Waals surface area contributed by atoms with E-state index < -0.39 is 0 Å². The van der Waals surface area contributed by atoms with Crippen molar-refractivity contribution in [2.45, 2.75) is 77.8 Å². The van der Waals surface area contributed by atoms with Gasteiger partial charge in [-0.3, -0.25) is 9.48 Å². The van der Waals surface area contributed by atoms with Crippen LogP contribution in [0.5, 0.6) is 0 Å². The average molecular weight is 381 g/mol. The van der Waals surface area contributed by atoms with Crippen LogP contribution < -0.4 is 0 Å². The maximum atomic E-state index is 13.0. The molecule has 2 aliphatic heterocycles. The molecular weight excluding hydrogens is 348 g/mol. The lowest BCUT2D eigenvalue weighted by molar-refractivity contribution is -0.135. The van der Waals surface area contributed by atoms with Gasteiger partial charge >= 0.3 is 0 Å². The van der Waals surface area contributed by atoms with Crippen molar-refractivity contribution in [3.8, 4) is 0 Å². The van der Waals surface area contributed by atoms with Crippen molar-refractivity contribution in [3.05, 3.63) is 16.4 Å². The summed E-state index contributed by atoms with van der Waals surface area (Å²) >= 11 is 6.27. The molecule has 0 saturated carbocycles. The third kappa shape index (κ3) is 4.42. The Labute approximate surface area is 162 Å². The minimum Gasteiger partial charge on any atom is -0.340 e. The molecule has 0 N–H and O–H groups in total. The van der Waals surface area contributed by atoms with E-state index in [-0.39, 0.29) is 11.9 Å². The summed E-state index contributed by atoms with van der Waals surface area (Å²) < 4.78 is 1.92. The third-order valence-corrected chi connectivity index (χ3v) is 6.60. The van der Waals surface area contributed by atoms with E-state index in [1.165, 1.54) is 32.4 Å². The zero-order valence-corrected chi connectivity index (χ0v) is 17.3. The molecule has 2 fully saturated rings. The lowest BCUT2D eigenvalue weighted by Crippen LogP contribution is -2.45. The maximum absolute atomic E-state index is 13.0. The summed E-state index contributed by atoms with van der Waals surface area (Å²) in [6.07, 6.45) is 7.80. The number of nitrogens with zero attached hydrogens (tertiary/aromatic N) is 4. The molecule has 6 heteroatoms. The molecule has 1 aromatic rings. The molecule has 1 aromatic heterocycles. The van der Waals surface area contributed by atoms with E-state index in [4.69, 9.17) is 11.6 Å². The zero-order chi connectivity index (χ0) is 18.7. The lowest BCUT2D eigenvalue weighted by Gasteiger charge is -2.37. The summed E-state index contributed by atoms with van der Waals surface area (Å²) in [7, 11) is 0. The second-order valence-electron chi connectivity index (χ2n) is 8.06. The number of aromatic nitrogens is 2. The summed E-state index contributed by atoms with van der Waals surface area (Å²) in [4.78, 5) is 17.7. The molecule has 0 bridgehead atoms. The number of aryl methyl sites for hydroxylation is 1. The molecule has 0 spiro atoms. The number of piperidine rings is 1. The van der Waals surface area contributed by atoms with Gasteiger partial charge in [-0.05, 0) is 72.4 Å². The van der Waals surface area contributed by atoms with Gasteiger partial charge in [0.25, 0.3) is 0 Å². The fourth-order valence-corrected chi connectivity index (χ4v) is 4.62. The molecule has 2 saturated heterocycles. The van der Waals surface area contributed by atoms with Crippen molar-refractivity contribution >= 4 is 17.5 Å². The van der Waals surface area contributed by atoms with E-state index in [2.05, 4.69) is 21.8 Å².